The van der Waals surface area contributed by atoms with E-state index in [4.69, 9.17) is 16.3 Å². The van der Waals surface area contributed by atoms with Crippen molar-refractivity contribution in [2.75, 3.05) is 6.61 Å². The van der Waals surface area contributed by atoms with Crippen LogP contribution in [0.4, 0.5) is 4.79 Å². The van der Waals surface area contributed by atoms with E-state index in [0.29, 0.717) is 12.2 Å². The van der Waals surface area contributed by atoms with Gasteiger partial charge >= 0.3 is 6.03 Å². The van der Waals surface area contributed by atoms with E-state index in [2.05, 4.69) is 15.6 Å². The third-order valence-electron chi connectivity index (χ3n) is 3.95. The molecular formula is C17H18ClN3O3. The van der Waals surface area contributed by atoms with Gasteiger partial charge in [-0.25, -0.2) is 4.79 Å². The number of aromatic nitrogens is 1. The SMILES string of the molecule is O=C(NCc1cccc(Cl)c1O)N[C@@H]1CCO[C@H]1c1ccncc1. The second-order valence-electron chi connectivity index (χ2n) is 5.54. The van der Waals surface area contributed by atoms with Gasteiger partial charge in [-0.1, -0.05) is 23.7 Å². The number of carbonyl (C=O) groups is 1. The van der Waals surface area contributed by atoms with E-state index in [-0.39, 0.29) is 35.5 Å². The number of benzene rings is 1. The molecule has 1 saturated heterocycles. The Morgan fingerprint density at radius 2 is 2.12 bits per heavy atom. The van der Waals surface area contributed by atoms with Crippen LogP contribution in [-0.4, -0.2) is 28.8 Å². The predicted molar refractivity (Wildman–Crippen MR) is 89.8 cm³/mol. The third-order valence-corrected chi connectivity index (χ3v) is 4.26. The third kappa shape index (κ3) is 3.77. The summed E-state index contributed by atoms with van der Waals surface area (Å²) in [5, 5.41) is 15.8. The Hall–Kier alpha value is -2.31. The van der Waals surface area contributed by atoms with Crippen molar-refractivity contribution in [1.82, 2.24) is 15.6 Å². The molecule has 6 nitrogen and oxygen atoms in total. The number of phenolic OH excluding ortho intramolecular Hbond substituents is 1. The number of para-hydroxylation sites is 1. The number of urea groups is 1. The molecule has 7 heteroatoms. The van der Waals surface area contributed by atoms with E-state index in [1.807, 2.05) is 12.1 Å². The van der Waals surface area contributed by atoms with Crippen LogP contribution < -0.4 is 10.6 Å². The highest BCUT2D eigenvalue weighted by molar-refractivity contribution is 6.32. The molecule has 2 amide bonds. The minimum atomic E-state index is -0.316. The van der Waals surface area contributed by atoms with Gasteiger partial charge in [0.2, 0.25) is 0 Å². The highest BCUT2D eigenvalue weighted by Gasteiger charge is 2.30. The lowest BCUT2D eigenvalue weighted by Gasteiger charge is -2.20. The van der Waals surface area contributed by atoms with Crippen LogP contribution in [0.2, 0.25) is 5.02 Å². The molecule has 126 valence electrons. The fourth-order valence-electron chi connectivity index (χ4n) is 2.72. The Bertz CT molecular complexity index is 711. The molecule has 2 aromatic rings. The molecule has 2 heterocycles. The van der Waals surface area contributed by atoms with Crippen molar-refractivity contribution in [3.05, 3.63) is 58.9 Å². The lowest BCUT2D eigenvalue weighted by molar-refractivity contribution is 0.0998. The summed E-state index contributed by atoms with van der Waals surface area (Å²) in [7, 11) is 0. The molecule has 0 unspecified atom stereocenters. The molecule has 3 rings (SSSR count). The number of amides is 2. The molecule has 1 fully saturated rings. The number of phenols is 1. The summed E-state index contributed by atoms with van der Waals surface area (Å²) in [6.07, 6.45) is 3.97. The van der Waals surface area contributed by atoms with Crippen LogP contribution in [-0.2, 0) is 11.3 Å². The topological polar surface area (TPSA) is 83.5 Å². The number of aromatic hydroxyl groups is 1. The van der Waals surface area contributed by atoms with Gasteiger partial charge in [-0.2, -0.15) is 0 Å². The Morgan fingerprint density at radius 3 is 2.92 bits per heavy atom. The Kier molecular flexibility index (Phi) is 5.17. The summed E-state index contributed by atoms with van der Waals surface area (Å²) in [5.41, 5.74) is 1.55. The molecule has 2 atom stereocenters. The first-order chi connectivity index (χ1) is 11.6. The number of ether oxygens (including phenoxy) is 1. The monoisotopic (exact) mass is 347 g/mol. The molecule has 0 bridgehead atoms. The number of pyridine rings is 1. The van der Waals surface area contributed by atoms with E-state index in [1.54, 1.807) is 30.6 Å². The molecule has 0 spiro atoms. The van der Waals surface area contributed by atoms with Crippen LogP contribution in [0.15, 0.2) is 42.7 Å². The Morgan fingerprint density at radius 1 is 1.33 bits per heavy atom. The molecule has 24 heavy (non-hydrogen) atoms. The van der Waals surface area contributed by atoms with E-state index >= 15 is 0 Å². The number of rotatable bonds is 4. The molecule has 0 saturated carbocycles. The first kappa shape index (κ1) is 16.5. The smallest absolute Gasteiger partial charge is 0.315 e. The molecule has 1 aromatic heterocycles. The summed E-state index contributed by atoms with van der Waals surface area (Å²) in [5.74, 6) is -0.0154. The van der Waals surface area contributed by atoms with Gasteiger partial charge in [-0.3, -0.25) is 4.98 Å². The molecule has 1 aromatic carbocycles. The van der Waals surface area contributed by atoms with Crippen LogP contribution >= 0.6 is 11.6 Å². The van der Waals surface area contributed by atoms with Crippen molar-refractivity contribution in [2.24, 2.45) is 0 Å². The van der Waals surface area contributed by atoms with Gasteiger partial charge in [-0.05, 0) is 30.2 Å². The maximum absolute atomic E-state index is 12.1. The van der Waals surface area contributed by atoms with Crippen molar-refractivity contribution in [1.29, 1.82) is 0 Å². The van der Waals surface area contributed by atoms with E-state index in [1.165, 1.54) is 0 Å². The zero-order chi connectivity index (χ0) is 16.9. The fraction of sp³-hybridized carbons (Fsp3) is 0.294. The van der Waals surface area contributed by atoms with Crippen LogP contribution in [0.3, 0.4) is 0 Å². The molecule has 1 aliphatic heterocycles. The predicted octanol–water partition coefficient (Wildman–Crippen LogP) is 2.77. The quantitative estimate of drug-likeness (QED) is 0.794. The lowest BCUT2D eigenvalue weighted by atomic mass is 10.0. The second kappa shape index (κ2) is 7.51. The van der Waals surface area contributed by atoms with Crippen LogP contribution in [0.25, 0.3) is 0 Å². The molecule has 0 radical (unpaired) electrons. The van der Waals surface area contributed by atoms with Gasteiger partial charge < -0.3 is 20.5 Å². The maximum Gasteiger partial charge on any atom is 0.315 e. The van der Waals surface area contributed by atoms with Crippen LogP contribution in [0, 0.1) is 0 Å². The highest BCUT2D eigenvalue weighted by Crippen LogP contribution is 2.29. The van der Waals surface area contributed by atoms with Gasteiger partial charge in [0.15, 0.2) is 0 Å². The highest BCUT2D eigenvalue weighted by atomic mass is 35.5. The van der Waals surface area contributed by atoms with Crippen LogP contribution in [0.1, 0.15) is 23.7 Å². The number of nitrogens with one attached hydrogen (secondary N) is 2. The van der Waals surface area contributed by atoms with Crippen LogP contribution in [0.5, 0.6) is 5.75 Å². The molecule has 3 N–H and O–H groups in total. The van der Waals surface area contributed by atoms with E-state index < -0.39 is 0 Å². The zero-order valence-corrected chi connectivity index (χ0v) is 13.7. The normalized spacial score (nSPS) is 19.9. The zero-order valence-electron chi connectivity index (χ0n) is 12.9. The number of hydrogen-bond acceptors (Lipinski definition) is 4. The second-order valence-corrected chi connectivity index (χ2v) is 5.95. The minimum Gasteiger partial charge on any atom is -0.506 e. The van der Waals surface area contributed by atoms with Crippen molar-refractivity contribution >= 4 is 17.6 Å². The van der Waals surface area contributed by atoms with Crippen molar-refractivity contribution in [3.8, 4) is 5.75 Å². The minimum absolute atomic E-state index is 0.0154. The fourth-order valence-corrected chi connectivity index (χ4v) is 2.91. The van der Waals surface area contributed by atoms with Gasteiger partial charge in [-0.15, -0.1) is 0 Å². The molecule has 1 aliphatic rings. The average molecular weight is 348 g/mol. The summed E-state index contributed by atoms with van der Waals surface area (Å²) in [6, 6.07) is 8.36. The standard InChI is InChI=1S/C17H18ClN3O3/c18-13-3-1-2-12(15(13)22)10-20-17(23)21-14-6-9-24-16(14)11-4-7-19-8-5-11/h1-5,7-8,14,16,22H,6,9-10H2,(H2,20,21,23)/t14-,16+/m1/s1. The summed E-state index contributed by atoms with van der Waals surface area (Å²) < 4.78 is 5.72. The summed E-state index contributed by atoms with van der Waals surface area (Å²) in [4.78, 5) is 16.1. The lowest BCUT2D eigenvalue weighted by Crippen LogP contribution is -2.43. The Balaban J connectivity index is 1.57. The largest absolute Gasteiger partial charge is 0.506 e. The maximum atomic E-state index is 12.1. The average Bonchev–Trinajstić information content (AvgIpc) is 3.05. The molecule has 0 aliphatic carbocycles. The van der Waals surface area contributed by atoms with Crippen molar-refractivity contribution < 1.29 is 14.6 Å². The van der Waals surface area contributed by atoms with E-state index in [0.717, 1.165) is 12.0 Å². The summed E-state index contributed by atoms with van der Waals surface area (Å²) >= 11 is 5.85. The first-order valence-corrected chi connectivity index (χ1v) is 8.05. The number of nitrogens with zero attached hydrogens (tertiary/aromatic N) is 1. The summed E-state index contributed by atoms with van der Waals surface area (Å²) in [6.45, 7) is 0.777. The number of halogens is 1. The van der Waals surface area contributed by atoms with Gasteiger partial charge in [0.05, 0.1) is 11.1 Å². The first-order valence-electron chi connectivity index (χ1n) is 7.67. The van der Waals surface area contributed by atoms with E-state index in [9.17, 15) is 9.90 Å². The van der Waals surface area contributed by atoms with Gasteiger partial charge in [0.25, 0.3) is 0 Å². The molecular weight excluding hydrogens is 330 g/mol. The van der Waals surface area contributed by atoms with Crippen molar-refractivity contribution in [3.63, 3.8) is 0 Å². The Labute approximate surface area is 144 Å². The number of hydrogen-bond donors (Lipinski definition) is 3. The van der Waals surface area contributed by atoms with Gasteiger partial charge in [0, 0.05) is 31.1 Å². The number of carbonyl (C=O) groups excluding carboxylic acids is 1. The van der Waals surface area contributed by atoms with Gasteiger partial charge in [0.1, 0.15) is 11.9 Å². The van der Waals surface area contributed by atoms with Crippen molar-refractivity contribution in [2.45, 2.75) is 25.1 Å².